The summed E-state index contributed by atoms with van der Waals surface area (Å²) in [6.07, 6.45) is 0. The van der Waals surface area contributed by atoms with Crippen molar-refractivity contribution in [3.8, 4) is 0 Å². The van der Waals surface area contributed by atoms with E-state index in [0.717, 1.165) is 13.1 Å². The highest BCUT2D eigenvalue weighted by atomic mass is 19.1. The van der Waals surface area contributed by atoms with Crippen LogP contribution in [0.3, 0.4) is 0 Å². The average Bonchev–Trinajstić information content (AvgIpc) is 2.46. The van der Waals surface area contributed by atoms with E-state index in [9.17, 15) is 9.18 Å². The molecule has 0 atom stereocenters. The molecule has 1 aliphatic rings. The first-order valence-electron chi connectivity index (χ1n) is 6.83. The third-order valence-electron chi connectivity index (χ3n) is 3.72. The minimum atomic E-state index is -0.515. The second kappa shape index (κ2) is 6.19. The molecule has 5 nitrogen and oxygen atoms in total. The van der Waals surface area contributed by atoms with E-state index < -0.39 is 5.82 Å². The van der Waals surface area contributed by atoms with Crippen LogP contribution in [0.15, 0.2) is 18.2 Å². The van der Waals surface area contributed by atoms with Crippen molar-refractivity contribution in [1.82, 2.24) is 9.80 Å². The lowest BCUT2D eigenvalue weighted by Gasteiger charge is -2.37. The molecule has 20 heavy (non-hydrogen) atoms. The maximum absolute atomic E-state index is 13.6. The first kappa shape index (κ1) is 14.7. The van der Waals surface area contributed by atoms with Gasteiger partial charge in [-0.25, -0.2) is 4.39 Å². The van der Waals surface area contributed by atoms with Crippen LogP contribution in [0.25, 0.3) is 0 Å². The molecule has 3 N–H and O–H groups in total. The van der Waals surface area contributed by atoms with Gasteiger partial charge < -0.3 is 10.3 Å². The Labute approximate surface area is 118 Å². The van der Waals surface area contributed by atoms with Gasteiger partial charge in [0.25, 0.3) is 5.91 Å². The molecule has 110 valence electrons. The van der Waals surface area contributed by atoms with Gasteiger partial charge in [-0.3, -0.25) is 15.5 Å². The molecule has 1 heterocycles. The number of nitrogens with two attached hydrogens (primary N) is 1. The van der Waals surface area contributed by atoms with E-state index in [1.165, 1.54) is 12.1 Å². The molecule has 1 aliphatic heterocycles. The number of hydrogen-bond acceptors (Lipinski definition) is 4. The highest BCUT2D eigenvalue weighted by Crippen LogP contribution is 2.21. The largest absolute Gasteiger partial charge is 0.336 e. The quantitative estimate of drug-likeness (QED) is 0.647. The van der Waals surface area contributed by atoms with E-state index in [0.29, 0.717) is 19.1 Å². The first-order chi connectivity index (χ1) is 9.54. The summed E-state index contributed by atoms with van der Waals surface area (Å²) < 4.78 is 13.6. The van der Waals surface area contributed by atoms with Crippen molar-refractivity contribution in [2.24, 2.45) is 5.84 Å². The van der Waals surface area contributed by atoms with Gasteiger partial charge in [0, 0.05) is 32.2 Å². The standard InChI is InChI=1S/C14H21FN4O/c1-10(2)18-6-8-19(9-7-18)14(20)11-4-3-5-12(15)13(11)17-16/h3-5,10,17H,6-9,16H2,1-2H3. The van der Waals surface area contributed by atoms with Gasteiger partial charge in [-0.05, 0) is 26.0 Å². The molecule has 0 saturated carbocycles. The summed E-state index contributed by atoms with van der Waals surface area (Å²) >= 11 is 0. The number of hydrazine groups is 1. The van der Waals surface area contributed by atoms with E-state index in [-0.39, 0.29) is 17.2 Å². The molecule has 1 aromatic rings. The van der Waals surface area contributed by atoms with Gasteiger partial charge in [-0.2, -0.15) is 0 Å². The summed E-state index contributed by atoms with van der Waals surface area (Å²) in [5.74, 6) is 4.62. The Morgan fingerprint density at radius 3 is 2.50 bits per heavy atom. The normalized spacial score (nSPS) is 16.6. The number of para-hydroxylation sites is 1. The fourth-order valence-corrected chi connectivity index (χ4v) is 2.46. The third-order valence-corrected chi connectivity index (χ3v) is 3.72. The smallest absolute Gasteiger partial charge is 0.256 e. The van der Waals surface area contributed by atoms with E-state index in [2.05, 4.69) is 24.2 Å². The van der Waals surface area contributed by atoms with Crippen LogP contribution in [0, 0.1) is 5.82 Å². The van der Waals surface area contributed by atoms with Crippen molar-refractivity contribution >= 4 is 11.6 Å². The predicted molar refractivity (Wildman–Crippen MR) is 76.8 cm³/mol. The van der Waals surface area contributed by atoms with E-state index in [4.69, 9.17) is 5.84 Å². The lowest BCUT2D eigenvalue weighted by atomic mass is 10.1. The van der Waals surface area contributed by atoms with Crippen molar-refractivity contribution < 1.29 is 9.18 Å². The minimum Gasteiger partial charge on any atom is -0.336 e. The second-order valence-corrected chi connectivity index (χ2v) is 5.23. The summed E-state index contributed by atoms with van der Waals surface area (Å²) in [5.41, 5.74) is 2.62. The Balaban J connectivity index is 2.11. The third kappa shape index (κ3) is 2.91. The highest BCUT2D eigenvalue weighted by molar-refractivity contribution is 5.99. The number of amides is 1. The average molecular weight is 280 g/mol. The Kier molecular flexibility index (Phi) is 4.57. The second-order valence-electron chi connectivity index (χ2n) is 5.23. The number of nitrogens with zero attached hydrogens (tertiary/aromatic N) is 2. The Morgan fingerprint density at radius 2 is 1.95 bits per heavy atom. The minimum absolute atomic E-state index is 0.0591. The highest BCUT2D eigenvalue weighted by Gasteiger charge is 2.25. The van der Waals surface area contributed by atoms with Crippen LogP contribution in [0.2, 0.25) is 0 Å². The number of anilines is 1. The van der Waals surface area contributed by atoms with Gasteiger partial charge in [0.2, 0.25) is 0 Å². The molecule has 1 aromatic carbocycles. The molecule has 2 rings (SSSR count). The van der Waals surface area contributed by atoms with Gasteiger partial charge >= 0.3 is 0 Å². The zero-order valence-corrected chi connectivity index (χ0v) is 11.9. The van der Waals surface area contributed by atoms with Crippen LogP contribution in [0.5, 0.6) is 0 Å². The number of benzene rings is 1. The number of carbonyl (C=O) groups excluding carboxylic acids is 1. The molecule has 0 spiro atoms. The number of rotatable bonds is 3. The molecular formula is C14H21FN4O. The molecule has 0 unspecified atom stereocenters. The summed E-state index contributed by atoms with van der Waals surface area (Å²) in [7, 11) is 0. The van der Waals surface area contributed by atoms with Crippen molar-refractivity contribution in [3.63, 3.8) is 0 Å². The fourth-order valence-electron chi connectivity index (χ4n) is 2.46. The van der Waals surface area contributed by atoms with Crippen LogP contribution in [0.4, 0.5) is 10.1 Å². The number of piperazine rings is 1. The van der Waals surface area contributed by atoms with Crippen molar-refractivity contribution in [2.75, 3.05) is 31.6 Å². The molecule has 0 aromatic heterocycles. The number of carbonyl (C=O) groups is 1. The molecule has 0 radical (unpaired) electrons. The van der Waals surface area contributed by atoms with Gasteiger partial charge in [0.1, 0.15) is 5.82 Å². The molecule has 6 heteroatoms. The van der Waals surface area contributed by atoms with Crippen LogP contribution >= 0.6 is 0 Å². The Morgan fingerprint density at radius 1 is 1.30 bits per heavy atom. The summed E-state index contributed by atoms with van der Waals surface area (Å²) in [6.45, 7) is 7.25. The lowest BCUT2D eigenvalue weighted by Crippen LogP contribution is -2.50. The van der Waals surface area contributed by atoms with Gasteiger partial charge in [-0.1, -0.05) is 6.07 Å². The molecular weight excluding hydrogens is 259 g/mol. The summed E-state index contributed by atoms with van der Waals surface area (Å²) in [6, 6.07) is 4.87. The number of hydrogen-bond donors (Lipinski definition) is 2. The van der Waals surface area contributed by atoms with Crippen LogP contribution < -0.4 is 11.3 Å². The molecule has 1 fully saturated rings. The topological polar surface area (TPSA) is 61.6 Å². The zero-order chi connectivity index (χ0) is 14.7. The van der Waals surface area contributed by atoms with E-state index >= 15 is 0 Å². The number of nitrogens with one attached hydrogen (secondary N) is 1. The van der Waals surface area contributed by atoms with Crippen molar-refractivity contribution in [3.05, 3.63) is 29.6 Å². The first-order valence-corrected chi connectivity index (χ1v) is 6.83. The lowest BCUT2D eigenvalue weighted by molar-refractivity contribution is 0.0596. The Bertz CT molecular complexity index is 484. The van der Waals surface area contributed by atoms with Crippen molar-refractivity contribution in [2.45, 2.75) is 19.9 Å². The molecule has 1 amide bonds. The van der Waals surface area contributed by atoms with Gasteiger partial charge in [-0.15, -0.1) is 0 Å². The van der Waals surface area contributed by atoms with Crippen LogP contribution in [-0.4, -0.2) is 47.9 Å². The summed E-state index contributed by atoms with van der Waals surface area (Å²) in [4.78, 5) is 16.5. The number of nitrogen functional groups attached to an aromatic ring is 1. The van der Waals surface area contributed by atoms with Gasteiger partial charge in [0.15, 0.2) is 0 Å². The molecule has 1 saturated heterocycles. The van der Waals surface area contributed by atoms with Crippen LogP contribution in [-0.2, 0) is 0 Å². The predicted octanol–water partition coefficient (Wildman–Crippen LogP) is 1.28. The zero-order valence-electron chi connectivity index (χ0n) is 11.9. The maximum atomic E-state index is 13.6. The molecule has 0 bridgehead atoms. The number of halogens is 1. The Hall–Kier alpha value is -1.66. The maximum Gasteiger partial charge on any atom is 0.256 e. The van der Waals surface area contributed by atoms with Crippen LogP contribution in [0.1, 0.15) is 24.2 Å². The van der Waals surface area contributed by atoms with Crippen molar-refractivity contribution in [1.29, 1.82) is 0 Å². The van der Waals surface area contributed by atoms with Gasteiger partial charge in [0.05, 0.1) is 11.3 Å². The summed E-state index contributed by atoms with van der Waals surface area (Å²) in [5, 5.41) is 0. The molecule has 0 aliphatic carbocycles. The van der Waals surface area contributed by atoms with E-state index in [1.807, 2.05) is 0 Å². The fraction of sp³-hybridized carbons (Fsp3) is 0.500. The monoisotopic (exact) mass is 280 g/mol. The SMILES string of the molecule is CC(C)N1CCN(C(=O)c2cccc(F)c2NN)CC1. The van der Waals surface area contributed by atoms with E-state index in [1.54, 1.807) is 11.0 Å².